The number of oxazole rings is 1. The maximum atomic E-state index is 12.6. The first-order chi connectivity index (χ1) is 14.5. The van der Waals surface area contributed by atoms with Crippen LogP contribution in [0.2, 0.25) is 0 Å². The molecular weight excluding hydrogens is 388 g/mol. The second-order valence-electron chi connectivity index (χ2n) is 7.20. The highest BCUT2D eigenvalue weighted by atomic mass is 16.4. The van der Waals surface area contributed by atoms with Crippen LogP contribution in [0, 0.1) is 0 Å². The fraction of sp³-hybridized carbons (Fsp3) is 0.350. The van der Waals surface area contributed by atoms with Gasteiger partial charge in [0.25, 0.3) is 5.89 Å². The molecule has 0 aliphatic carbocycles. The molecule has 4 rings (SSSR count). The van der Waals surface area contributed by atoms with Crippen LogP contribution in [0.3, 0.4) is 0 Å². The second-order valence-corrected chi connectivity index (χ2v) is 7.20. The van der Waals surface area contributed by atoms with Crippen LogP contribution < -0.4 is 5.32 Å². The Kier molecular flexibility index (Phi) is 5.46. The Morgan fingerprint density at radius 2 is 2.23 bits per heavy atom. The van der Waals surface area contributed by atoms with Crippen molar-refractivity contribution in [1.29, 1.82) is 0 Å². The van der Waals surface area contributed by atoms with Gasteiger partial charge < -0.3 is 19.7 Å². The smallest absolute Gasteiger partial charge is 0.407 e. The monoisotopic (exact) mass is 410 g/mol. The molecule has 1 aliphatic heterocycles. The number of hydrogen-bond donors (Lipinski definition) is 2. The lowest BCUT2D eigenvalue weighted by atomic mass is 10.1. The van der Waals surface area contributed by atoms with Gasteiger partial charge in [0.2, 0.25) is 0 Å². The minimum atomic E-state index is -1.04. The zero-order chi connectivity index (χ0) is 21.1. The van der Waals surface area contributed by atoms with Gasteiger partial charge in [0, 0.05) is 24.3 Å². The van der Waals surface area contributed by atoms with Crippen molar-refractivity contribution in [1.82, 2.24) is 30.2 Å². The lowest BCUT2D eigenvalue weighted by Gasteiger charge is -2.20. The number of carbonyl (C=O) groups is 2. The Labute approximate surface area is 172 Å². The number of benzene rings is 1. The normalized spacial score (nSPS) is 18.5. The number of rotatable bonds is 6. The van der Waals surface area contributed by atoms with Crippen molar-refractivity contribution in [2.45, 2.75) is 38.4 Å². The van der Waals surface area contributed by atoms with Crippen LogP contribution >= 0.6 is 0 Å². The zero-order valence-corrected chi connectivity index (χ0v) is 16.4. The third-order valence-electron chi connectivity index (χ3n) is 5.18. The van der Waals surface area contributed by atoms with Crippen molar-refractivity contribution in [2.75, 3.05) is 6.54 Å². The summed E-state index contributed by atoms with van der Waals surface area (Å²) in [5.74, 6) is -0.00348. The molecule has 2 N–H and O–H groups in total. The largest absolute Gasteiger partial charge is 0.465 e. The Morgan fingerprint density at radius 1 is 1.37 bits per heavy atom. The molecule has 2 aromatic heterocycles. The van der Waals surface area contributed by atoms with Gasteiger partial charge in [-0.25, -0.2) is 9.78 Å². The SMILES string of the molecule is CCc1cccc(-c2cnc(C(=O)N[C@@H]3C[C@@H](Cn4ccnn4)N(C(=O)O)C3)o2)c1. The van der Waals surface area contributed by atoms with Gasteiger partial charge in [0.1, 0.15) is 0 Å². The van der Waals surface area contributed by atoms with Crippen molar-refractivity contribution >= 4 is 12.0 Å². The summed E-state index contributed by atoms with van der Waals surface area (Å²) in [4.78, 5) is 29.6. The number of amides is 2. The van der Waals surface area contributed by atoms with Gasteiger partial charge in [0.05, 0.1) is 25.0 Å². The van der Waals surface area contributed by atoms with Crippen molar-refractivity contribution in [2.24, 2.45) is 0 Å². The summed E-state index contributed by atoms with van der Waals surface area (Å²) in [6.07, 6.45) is 5.06. The molecule has 2 amide bonds. The molecule has 0 bridgehead atoms. The van der Waals surface area contributed by atoms with E-state index in [0.29, 0.717) is 18.7 Å². The van der Waals surface area contributed by atoms with Crippen LogP contribution in [0.25, 0.3) is 11.3 Å². The maximum Gasteiger partial charge on any atom is 0.407 e. The predicted molar refractivity (Wildman–Crippen MR) is 106 cm³/mol. The highest BCUT2D eigenvalue weighted by Crippen LogP contribution is 2.23. The zero-order valence-electron chi connectivity index (χ0n) is 16.4. The predicted octanol–water partition coefficient (Wildman–Crippen LogP) is 2.05. The highest BCUT2D eigenvalue weighted by molar-refractivity contribution is 5.90. The van der Waals surface area contributed by atoms with Gasteiger partial charge in [-0.1, -0.05) is 30.3 Å². The third-order valence-corrected chi connectivity index (χ3v) is 5.18. The number of aryl methyl sites for hydroxylation is 1. The van der Waals surface area contributed by atoms with Gasteiger partial charge in [-0.2, -0.15) is 0 Å². The van der Waals surface area contributed by atoms with Crippen molar-refractivity contribution in [3.05, 3.63) is 54.3 Å². The van der Waals surface area contributed by atoms with E-state index in [2.05, 4.69) is 27.5 Å². The van der Waals surface area contributed by atoms with Crippen molar-refractivity contribution in [3.63, 3.8) is 0 Å². The van der Waals surface area contributed by atoms with Crippen LogP contribution in [0.4, 0.5) is 4.79 Å². The van der Waals surface area contributed by atoms with Gasteiger partial charge in [-0.3, -0.25) is 9.48 Å². The average Bonchev–Trinajstić information content (AvgIpc) is 3.49. The molecule has 10 nitrogen and oxygen atoms in total. The van der Waals surface area contributed by atoms with E-state index >= 15 is 0 Å². The fourth-order valence-corrected chi connectivity index (χ4v) is 3.68. The van der Waals surface area contributed by atoms with Gasteiger partial charge in [-0.15, -0.1) is 5.10 Å². The van der Waals surface area contributed by atoms with E-state index in [-0.39, 0.29) is 24.5 Å². The Balaban J connectivity index is 1.42. The molecular formula is C20H22N6O4. The van der Waals surface area contributed by atoms with E-state index in [1.807, 2.05) is 24.3 Å². The molecule has 1 aliphatic rings. The molecule has 10 heteroatoms. The molecule has 3 aromatic rings. The summed E-state index contributed by atoms with van der Waals surface area (Å²) in [6, 6.07) is 7.20. The molecule has 3 heterocycles. The second kappa shape index (κ2) is 8.36. The third kappa shape index (κ3) is 4.17. The van der Waals surface area contributed by atoms with Crippen LogP contribution in [0.1, 0.15) is 29.6 Å². The quantitative estimate of drug-likeness (QED) is 0.637. The van der Waals surface area contributed by atoms with E-state index in [0.717, 1.165) is 17.5 Å². The van der Waals surface area contributed by atoms with Gasteiger partial charge >= 0.3 is 12.0 Å². The average molecular weight is 410 g/mol. The van der Waals surface area contributed by atoms with Gasteiger partial charge in [-0.05, 0) is 24.5 Å². The first-order valence-corrected chi connectivity index (χ1v) is 9.73. The van der Waals surface area contributed by atoms with Gasteiger partial charge in [0.15, 0.2) is 5.76 Å². The Morgan fingerprint density at radius 3 is 2.97 bits per heavy atom. The maximum absolute atomic E-state index is 12.6. The Hall–Kier alpha value is -3.69. The molecule has 1 saturated heterocycles. The van der Waals surface area contributed by atoms with E-state index in [1.54, 1.807) is 10.9 Å². The highest BCUT2D eigenvalue weighted by Gasteiger charge is 2.37. The van der Waals surface area contributed by atoms with Crippen LogP contribution in [0.5, 0.6) is 0 Å². The Bertz CT molecular complexity index is 1030. The summed E-state index contributed by atoms with van der Waals surface area (Å²) in [5, 5.41) is 19.9. The molecule has 0 saturated carbocycles. The first kappa shape index (κ1) is 19.6. The van der Waals surface area contributed by atoms with Crippen LogP contribution in [0.15, 0.2) is 47.3 Å². The number of carboxylic acid groups (broad SMARTS) is 1. The van der Waals surface area contributed by atoms with Crippen LogP contribution in [-0.2, 0) is 13.0 Å². The van der Waals surface area contributed by atoms with E-state index < -0.39 is 12.0 Å². The molecule has 30 heavy (non-hydrogen) atoms. The van der Waals surface area contributed by atoms with Crippen molar-refractivity contribution in [3.8, 4) is 11.3 Å². The number of nitrogens with zero attached hydrogens (tertiary/aromatic N) is 5. The standard InChI is InChI=1S/C20H22N6O4/c1-2-13-4-3-5-14(8-13)17-10-21-19(30-17)18(27)23-15-9-16(26(11-15)20(28)29)12-25-7-6-22-24-25/h3-8,10,15-16H,2,9,11-12H2,1H3,(H,23,27)(H,28,29)/t15-,16+/m1/s1. The number of likely N-dealkylation sites (tertiary alicyclic amines) is 1. The summed E-state index contributed by atoms with van der Waals surface area (Å²) in [5.41, 5.74) is 2.01. The summed E-state index contributed by atoms with van der Waals surface area (Å²) in [6.45, 7) is 2.62. The molecule has 0 spiro atoms. The summed E-state index contributed by atoms with van der Waals surface area (Å²) >= 11 is 0. The van der Waals surface area contributed by atoms with Crippen LogP contribution in [-0.4, -0.2) is 60.6 Å². The van der Waals surface area contributed by atoms with Crippen molar-refractivity contribution < 1.29 is 19.1 Å². The molecule has 1 fully saturated rings. The van der Waals surface area contributed by atoms with E-state index in [4.69, 9.17) is 4.42 Å². The minimum Gasteiger partial charge on any atom is -0.465 e. The molecule has 0 unspecified atom stereocenters. The number of carbonyl (C=O) groups excluding carboxylic acids is 1. The van der Waals surface area contributed by atoms with E-state index in [1.165, 1.54) is 17.3 Å². The minimum absolute atomic E-state index is 0.0477. The molecule has 156 valence electrons. The lowest BCUT2D eigenvalue weighted by molar-refractivity contribution is 0.0901. The molecule has 1 aromatic carbocycles. The topological polar surface area (TPSA) is 126 Å². The molecule has 0 radical (unpaired) electrons. The first-order valence-electron chi connectivity index (χ1n) is 9.73. The fourth-order valence-electron chi connectivity index (χ4n) is 3.68. The number of aromatic nitrogens is 4. The molecule has 2 atom stereocenters. The van der Waals surface area contributed by atoms with E-state index in [9.17, 15) is 14.7 Å². The lowest BCUT2D eigenvalue weighted by Crippen LogP contribution is -2.39. The number of hydrogen-bond acceptors (Lipinski definition) is 6. The number of nitrogens with one attached hydrogen (secondary N) is 1. The summed E-state index contributed by atoms with van der Waals surface area (Å²) < 4.78 is 7.23. The summed E-state index contributed by atoms with van der Waals surface area (Å²) in [7, 11) is 0.